The highest BCUT2D eigenvalue weighted by Crippen LogP contribution is 2.45. The van der Waals surface area contributed by atoms with E-state index in [1.165, 1.54) is 0 Å². The number of hydrogen-bond donors (Lipinski definition) is 4. The van der Waals surface area contributed by atoms with E-state index >= 15 is 0 Å². The Hall–Kier alpha value is -4.97. The lowest BCUT2D eigenvalue weighted by atomic mass is 9.94. The van der Waals surface area contributed by atoms with Crippen LogP contribution < -0.4 is 31.6 Å². The Labute approximate surface area is 195 Å². The highest BCUT2D eigenvalue weighted by Gasteiger charge is 2.32. The molecule has 0 radical (unpaired) electrons. The van der Waals surface area contributed by atoms with Crippen molar-refractivity contribution in [2.75, 3.05) is 30.5 Å². The molecule has 0 saturated carbocycles. The normalized spacial score (nSPS) is 14.1. The number of para-hydroxylation sites is 1. The molecule has 1 aromatic carbocycles. The molecule has 1 aliphatic rings. The van der Waals surface area contributed by atoms with Gasteiger partial charge in [-0.15, -0.1) is 0 Å². The van der Waals surface area contributed by atoms with E-state index in [9.17, 15) is 5.26 Å². The van der Waals surface area contributed by atoms with Crippen LogP contribution in [0.25, 0.3) is 0 Å². The zero-order chi connectivity index (χ0) is 24.1. The number of nitrogens with one attached hydrogen (secondary N) is 2. The molecule has 0 fully saturated rings. The lowest BCUT2D eigenvalue weighted by Crippen LogP contribution is -2.33. The highest BCUT2D eigenvalue weighted by atomic mass is 16.5. The molecule has 12 nitrogen and oxygen atoms in total. The second-order valence-electron chi connectivity index (χ2n) is 7.28. The molecule has 2 aromatic heterocycles. The second kappa shape index (κ2) is 9.67. The Morgan fingerprint density at radius 2 is 2.15 bits per heavy atom. The number of methoxy groups -OCH3 is 1. The summed E-state index contributed by atoms with van der Waals surface area (Å²) in [5.41, 5.74) is 13.6. The Bertz CT molecular complexity index is 1300. The molecule has 1 atom stereocenters. The van der Waals surface area contributed by atoms with Crippen LogP contribution in [0.1, 0.15) is 29.2 Å². The number of ether oxygens (including phenoxy) is 2. The first-order valence-corrected chi connectivity index (χ1v) is 10.3. The number of pyridine rings is 1. The Kier molecular flexibility index (Phi) is 6.32. The third-order valence-corrected chi connectivity index (χ3v) is 5.25. The topological polar surface area (TPSA) is 185 Å². The molecule has 1 aliphatic heterocycles. The number of aliphatic imine (C=N–C) groups is 1. The van der Waals surface area contributed by atoms with Crippen molar-refractivity contribution in [2.24, 2.45) is 4.99 Å². The SMILES string of the molecule is COc1cccc(C2N=C(NC#N)Nc3nc(N)c(C#N)c(N)c32)c1OCCCn1ccnc1. The van der Waals surface area contributed by atoms with Gasteiger partial charge in [-0.2, -0.15) is 10.5 Å². The van der Waals surface area contributed by atoms with Gasteiger partial charge in [-0.1, -0.05) is 12.1 Å². The van der Waals surface area contributed by atoms with Crippen LogP contribution in [0, 0.1) is 22.8 Å². The van der Waals surface area contributed by atoms with Gasteiger partial charge in [0.1, 0.15) is 29.3 Å². The summed E-state index contributed by atoms with van der Waals surface area (Å²) in [6.45, 7) is 1.13. The van der Waals surface area contributed by atoms with Crippen molar-refractivity contribution < 1.29 is 9.47 Å². The van der Waals surface area contributed by atoms with E-state index in [1.807, 2.05) is 29.1 Å². The monoisotopic (exact) mass is 458 g/mol. The average molecular weight is 458 g/mol. The number of imidazole rings is 1. The summed E-state index contributed by atoms with van der Waals surface area (Å²) >= 11 is 0. The number of nitrogens with zero attached hydrogens (tertiary/aromatic N) is 6. The van der Waals surface area contributed by atoms with Gasteiger partial charge in [0.2, 0.25) is 5.96 Å². The molecule has 0 bridgehead atoms. The molecule has 172 valence electrons. The summed E-state index contributed by atoms with van der Waals surface area (Å²) in [5, 5.41) is 24.1. The van der Waals surface area contributed by atoms with Crippen LogP contribution >= 0.6 is 0 Å². The first kappa shape index (κ1) is 22.2. The van der Waals surface area contributed by atoms with Crippen molar-refractivity contribution in [3.05, 3.63) is 53.6 Å². The number of nitriles is 2. The van der Waals surface area contributed by atoms with E-state index < -0.39 is 6.04 Å². The molecule has 4 rings (SSSR count). The van der Waals surface area contributed by atoms with E-state index in [0.29, 0.717) is 35.1 Å². The first-order chi connectivity index (χ1) is 16.6. The summed E-state index contributed by atoms with van der Waals surface area (Å²) in [4.78, 5) is 12.9. The van der Waals surface area contributed by atoms with Gasteiger partial charge in [0.05, 0.1) is 25.7 Å². The first-order valence-electron chi connectivity index (χ1n) is 10.3. The van der Waals surface area contributed by atoms with Gasteiger partial charge in [-0.05, 0) is 12.5 Å². The number of aromatic nitrogens is 3. The molecule has 34 heavy (non-hydrogen) atoms. The largest absolute Gasteiger partial charge is 0.493 e. The number of anilines is 3. The van der Waals surface area contributed by atoms with Crippen molar-refractivity contribution in [1.82, 2.24) is 19.9 Å². The maximum Gasteiger partial charge on any atom is 0.211 e. The molecular formula is C22H22N10O2. The zero-order valence-corrected chi connectivity index (χ0v) is 18.3. The second-order valence-corrected chi connectivity index (χ2v) is 7.28. The Balaban J connectivity index is 1.75. The number of rotatable bonds is 7. The number of hydrogen-bond acceptors (Lipinski definition) is 11. The van der Waals surface area contributed by atoms with E-state index in [1.54, 1.807) is 31.8 Å². The van der Waals surface area contributed by atoms with Gasteiger partial charge in [0.25, 0.3) is 0 Å². The molecule has 12 heteroatoms. The fourth-order valence-electron chi connectivity index (χ4n) is 3.71. The maximum atomic E-state index is 9.54. The Morgan fingerprint density at radius 1 is 1.29 bits per heavy atom. The molecule has 0 spiro atoms. The number of nitrogens with two attached hydrogens (primary N) is 2. The van der Waals surface area contributed by atoms with Crippen molar-refractivity contribution in [2.45, 2.75) is 19.0 Å². The van der Waals surface area contributed by atoms with E-state index in [0.717, 1.165) is 13.0 Å². The average Bonchev–Trinajstić information content (AvgIpc) is 3.35. The summed E-state index contributed by atoms with van der Waals surface area (Å²) < 4.78 is 13.7. The third-order valence-electron chi connectivity index (χ3n) is 5.25. The zero-order valence-electron chi connectivity index (χ0n) is 18.3. The van der Waals surface area contributed by atoms with Crippen LogP contribution in [-0.2, 0) is 6.54 Å². The maximum absolute atomic E-state index is 9.54. The molecule has 0 amide bonds. The predicted molar refractivity (Wildman–Crippen MR) is 125 cm³/mol. The molecule has 0 aliphatic carbocycles. The molecule has 0 saturated heterocycles. The standard InChI is InChI=1S/C22H22N10O2/c1-33-15-5-2-4-13(19(15)34-9-3-7-32-8-6-27-12-32)18-16-17(25)14(10-23)20(26)30-21(16)31-22(29-18)28-11-24/h2,4-6,8,12,18H,3,7,9H2,1H3,(H6,25,26,28,29,30,31). The minimum Gasteiger partial charge on any atom is -0.493 e. The van der Waals surface area contributed by atoms with Gasteiger partial charge in [-0.3, -0.25) is 5.32 Å². The van der Waals surface area contributed by atoms with E-state index in [2.05, 4.69) is 25.6 Å². The Morgan fingerprint density at radius 3 is 2.85 bits per heavy atom. The van der Waals surface area contributed by atoms with Gasteiger partial charge in [0, 0.05) is 30.1 Å². The number of benzene rings is 1. The number of nitrogen functional groups attached to an aromatic ring is 2. The van der Waals surface area contributed by atoms with Crippen molar-refractivity contribution in [1.29, 1.82) is 10.5 Å². The number of fused-ring (bicyclic) bond motifs is 1. The van der Waals surface area contributed by atoms with Gasteiger partial charge >= 0.3 is 0 Å². The number of guanidine groups is 1. The van der Waals surface area contributed by atoms with Crippen LogP contribution in [0.15, 0.2) is 41.9 Å². The fourth-order valence-corrected chi connectivity index (χ4v) is 3.71. The van der Waals surface area contributed by atoms with Gasteiger partial charge in [-0.25, -0.2) is 15.0 Å². The van der Waals surface area contributed by atoms with Gasteiger partial charge in [0.15, 0.2) is 17.7 Å². The summed E-state index contributed by atoms with van der Waals surface area (Å²) in [7, 11) is 1.55. The molecule has 6 N–H and O–H groups in total. The third kappa shape index (κ3) is 4.20. The van der Waals surface area contributed by atoms with Crippen molar-refractivity contribution in [3.8, 4) is 23.8 Å². The van der Waals surface area contributed by atoms with Gasteiger partial charge < -0.3 is 30.8 Å². The van der Waals surface area contributed by atoms with Crippen LogP contribution in [0.4, 0.5) is 17.3 Å². The minimum absolute atomic E-state index is 0.0233. The van der Waals surface area contributed by atoms with Crippen LogP contribution in [0.5, 0.6) is 11.5 Å². The molecule has 3 heterocycles. The predicted octanol–water partition coefficient (Wildman–Crippen LogP) is 1.73. The van der Waals surface area contributed by atoms with Crippen molar-refractivity contribution >= 4 is 23.3 Å². The van der Waals surface area contributed by atoms with E-state index in [-0.39, 0.29) is 23.0 Å². The van der Waals surface area contributed by atoms with Crippen LogP contribution in [0.3, 0.4) is 0 Å². The van der Waals surface area contributed by atoms with Crippen LogP contribution in [0.2, 0.25) is 0 Å². The molecule has 1 unspecified atom stereocenters. The minimum atomic E-state index is -0.744. The smallest absolute Gasteiger partial charge is 0.211 e. The van der Waals surface area contributed by atoms with Crippen LogP contribution in [-0.4, -0.2) is 34.2 Å². The molecular weight excluding hydrogens is 436 g/mol. The van der Waals surface area contributed by atoms with E-state index in [4.69, 9.17) is 26.2 Å². The summed E-state index contributed by atoms with van der Waals surface area (Å²) in [6, 6.07) is 6.65. The fraction of sp³-hybridized carbons (Fsp3) is 0.227. The van der Waals surface area contributed by atoms with Crippen molar-refractivity contribution in [3.63, 3.8) is 0 Å². The quantitative estimate of drug-likeness (QED) is 0.231. The summed E-state index contributed by atoms with van der Waals surface area (Å²) in [5.74, 6) is 1.41. The summed E-state index contributed by atoms with van der Waals surface area (Å²) in [6.07, 6.45) is 7.90. The number of aryl methyl sites for hydroxylation is 1. The highest BCUT2D eigenvalue weighted by molar-refractivity contribution is 5.98. The molecule has 3 aromatic rings. The lowest BCUT2D eigenvalue weighted by Gasteiger charge is -2.27. The lowest BCUT2D eigenvalue weighted by molar-refractivity contribution is 0.279.